The third kappa shape index (κ3) is 2.91. The normalized spacial score (nSPS) is 13.6. The van der Waals surface area contributed by atoms with Crippen LogP contribution in [0.25, 0.3) is 6.08 Å². The van der Waals surface area contributed by atoms with Gasteiger partial charge in [0, 0.05) is 6.20 Å². The summed E-state index contributed by atoms with van der Waals surface area (Å²) in [4.78, 5) is 7.71. The summed E-state index contributed by atoms with van der Waals surface area (Å²) >= 11 is 0. The molecule has 0 saturated heterocycles. The topological polar surface area (TPSA) is 46.0 Å². The number of aliphatic hydroxyl groups excluding tert-OH is 1. The molecule has 0 spiro atoms. The van der Waals surface area contributed by atoms with Gasteiger partial charge in [0.15, 0.2) is 0 Å². The SMILES string of the molecule is CC(O)/C=C/c1ccncn1. The zero-order valence-corrected chi connectivity index (χ0v) is 6.31. The number of aromatic nitrogens is 2. The van der Waals surface area contributed by atoms with E-state index < -0.39 is 6.10 Å². The standard InChI is InChI=1S/C8H10N2O/c1-7(11)2-3-8-4-5-9-6-10-8/h2-7,11H,1H3/b3-2+. The summed E-state index contributed by atoms with van der Waals surface area (Å²) in [6.45, 7) is 1.69. The Bertz CT molecular complexity index is 231. The molecule has 3 nitrogen and oxygen atoms in total. The van der Waals surface area contributed by atoms with E-state index >= 15 is 0 Å². The molecule has 0 radical (unpaired) electrons. The van der Waals surface area contributed by atoms with Crippen molar-refractivity contribution in [3.8, 4) is 0 Å². The zero-order valence-electron chi connectivity index (χ0n) is 6.31. The molecular weight excluding hydrogens is 140 g/mol. The first-order chi connectivity index (χ1) is 5.29. The lowest BCUT2D eigenvalue weighted by Crippen LogP contribution is -1.91. The van der Waals surface area contributed by atoms with Crippen molar-refractivity contribution in [2.24, 2.45) is 0 Å². The molecule has 11 heavy (non-hydrogen) atoms. The Morgan fingerprint density at radius 3 is 3.00 bits per heavy atom. The highest BCUT2D eigenvalue weighted by Crippen LogP contribution is 1.95. The molecule has 1 atom stereocenters. The molecule has 0 bridgehead atoms. The van der Waals surface area contributed by atoms with E-state index in [9.17, 15) is 0 Å². The third-order valence-electron chi connectivity index (χ3n) is 1.15. The minimum Gasteiger partial charge on any atom is -0.389 e. The number of hydrogen-bond donors (Lipinski definition) is 1. The van der Waals surface area contributed by atoms with Crippen LogP contribution in [0, 0.1) is 0 Å². The smallest absolute Gasteiger partial charge is 0.115 e. The van der Waals surface area contributed by atoms with Gasteiger partial charge in [0.25, 0.3) is 0 Å². The lowest BCUT2D eigenvalue weighted by Gasteiger charge is -1.92. The average Bonchev–Trinajstić information content (AvgIpc) is 2.03. The van der Waals surface area contributed by atoms with E-state index in [2.05, 4.69) is 9.97 Å². The molecule has 1 aromatic heterocycles. The van der Waals surface area contributed by atoms with Gasteiger partial charge in [-0.05, 0) is 19.1 Å². The van der Waals surface area contributed by atoms with E-state index in [0.29, 0.717) is 0 Å². The quantitative estimate of drug-likeness (QED) is 0.680. The highest BCUT2D eigenvalue weighted by Gasteiger charge is 1.87. The molecule has 0 fully saturated rings. The predicted octanol–water partition coefficient (Wildman–Crippen LogP) is 0.871. The van der Waals surface area contributed by atoms with Crippen LogP contribution in [0.5, 0.6) is 0 Å². The summed E-state index contributed by atoms with van der Waals surface area (Å²) in [6.07, 6.45) is 6.13. The van der Waals surface area contributed by atoms with Crippen molar-refractivity contribution in [1.29, 1.82) is 0 Å². The van der Waals surface area contributed by atoms with E-state index in [1.165, 1.54) is 6.33 Å². The van der Waals surface area contributed by atoms with Crippen LogP contribution in [-0.4, -0.2) is 21.2 Å². The maximum atomic E-state index is 8.88. The first-order valence-electron chi connectivity index (χ1n) is 3.41. The van der Waals surface area contributed by atoms with Crippen LogP contribution in [0.15, 0.2) is 24.7 Å². The zero-order chi connectivity index (χ0) is 8.10. The summed E-state index contributed by atoms with van der Waals surface area (Å²) in [5.41, 5.74) is 0.806. The van der Waals surface area contributed by atoms with Crippen LogP contribution < -0.4 is 0 Å². The van der Waals surface area contributed by atoms with E-state index in [1.54, 1.807) is 31.3 Å². The molecule has 0 amide bonds. The van der Waals surface area contributed by atoms with E-state index in [4.69, 9.17) is 5.11 Å². The maximum Gasteiger partial charge on any atom is 0.115 e. The predicted molar refractivity (Wildman–Crippen MR) is 42.7 cm³/mol. The molecular formula is C8H10N2O. The molecule has 58 valence electrons. The molecule has 0 aliphatic carbocycles. The Morgan fingerprint density at radius 2 is 2.45 bits per heavy atom. The van der Waals surface area contributed by atoms with E-state index in [0.717, 1.165) is 5.69 Å². The van der Waals surface area contributed by atoms with Gasteiger partial charge in [-0.2, -0.15) is 0 Å². The molecule has 1 unspecified atom stereocenters. The van der Waals surface area contributed by atoms with Gasteiger partial charge in [-0.15, -0.1) is 0 Å². The van der Waals surface area contributed by atoms with Crippen molar-refractivity contribution >= 4 is 6.08 Å². The van der Waals surface area contributed by atoms with Gasteiger partial charge in [-0.1, -0.05) is 6.08 Å². The molecule has 3 heteroatoms. The minimum absolute atomic E-state index is 0.426. The molecule has 0 aliphatic heterocycles. The molecule has 1 rings (SSSR count). The van der Waals surface area contributed by atoms with Gasteiger partial charge in [0.05, 0.1) is 11.8 Å². The lowest BCUT2D eigenvalue weighted by molar-refractivity contribution is 0.245. The second kappa shape index (κ2) is 3.83. The number of aliphatic hydroxyl groups is 1. The van der Waals surface area contributed by atoms with Crippen LogP contribution in [0.1, 0.15) is 12.6 Å². The largest absolute Gasteiger partial charge is 0.389 e. The van der Waals surface area contributed by atoms with Gasteiger partial charge in [0.2, 0.25) is 0 Å². The Morgan fingerprint density at radius 1 is 1.64 bits per heavy atom. The van der Waals surface area contributed by atoms with E-state index in [1.807, 2.05) is 0 Å². The molecule has 1 aromatic rings. The fourth-order valence-electron chi connectivity index (χ4n) is 0.637. The molecule has 1 N–H and O–H groups in total. The number of hydrogen-bond acceptors (Lipinski definition) is 3. The monoisotopic (exact) mass is 150 g/mol. The highest BCUT2D eigenvalue weighted by molar-refractivity contribution is 5.43. The van der Waals surface area contributed by atoms with E-state index in [-0.39, 0.29) is 0 Å². The van der Waals surface area contributed by atoms with Crippen molar-refractivity contribution in [3.05, 3.63) is 30.4 Å². The van der Waals surface area contributed by atoms with Crippen molar-refractivity contribution < 1.29 is 5.11 Å². The van der Waals surface area contributed by atoms with Crippen molar-refractivity contribution in [2.45, 2.75) is 13.0 Å². The van der Waals surface area contributed by atoms with Crippen LogP contribution >= 0.6 is 0 Å². The van der Waals surface area contributed by atoms with Crippen LogP contribution in [0.2, 0.25) is 0 Å². The summed E-state index contributed by atoms with van der Waals surface area (Å²) < 4.78 is 0. The Labute approximate surface area is 65.4 Å². The van der Waals surface area contributed by atoms with Crippen LogP contribution in [0.3, 0.4) is 0 Å². The second-order valence-electron chi connectivity index (χ2n) is 2.23. The van der Waals surface area contributed by atoms with Crippen molar-refractivity contribution in [1.82, 2.24) is 9.97 Å². The molecule has 0 aliphatic rings. The van der Waals surface area contributed by atoms with Gasteiger partial charge in [-0.25, -0.2) is 9.97 Å². The summed E-state index contributed by atoms with van der Waals surface area (Å²) in [6, 6.07) is 1.78. The van der Waals surface area contributed by atoms with Gasteiger partial charge in [-0.3, -0.25) is 0 Å². The third-order valence-corrected chi connectivity index (χ3v) is 1.15. The van der Waals surface area contributed by atoms with Crippen LogP contribution in [0.4, 0.5) is 0 Å². The summed E-state index contributed by atoms with van der Waals surface area (Å²) in [5, 5.41) is 8.88. The Hall–Kier alpha value is -1.22. The van der Waals surface area contributed by atoms with Crippen LogP contribution in [-0.2, 0) is 0 Å². The van der Waals surface area contributed by atoms with Gasteiger partial charge in [0.1, 0.15) is 6.33 Å². The Kier molecular flexibility index (Phi) is 2.74. The fourth-order valence-corrected chi connectivity index (χ4v) is 0.637. The van der Waals surface area contributed by atoms with Crippen molar-refractivity contribution in [2.75, 3.05) is 0 Å². The number of nitrogens with zero attached hydrogens (tertiary/aromatic N) is 2. The molecule has 0 aromatic carbocycles. The second-order valence-corrected chi connectivity index (χ2v) is 2.23. The fraction of sp³-hybridized carbons (Fsp3) is 0.250. The Balaban J connectivity index is 2.65. The highest BCUT2D eigenvalue weighted by atomic mass is 16.3. The summed E-state index contributed by atoms with van der Waals surface area (Å²) in [5.74, 6) is 0. The average molecular weight is 150 g/mol. The summed E-state index contributed by atoms with van der Waals surface area (Å²) in [7, 11) is 0. The first kappa shape index (κ1) is 7.88. The van der Waals surface area contributed by atoms with Gasteiger partial charge < -0.3 is 5.11 Å². The van der Waals surface area contributed by atoms with Gasteiger partial charge >= 0.3 is 0 Å². The first-order valence-corrected chi connectivity index (χ1v) is 3.41. The van der Waals surface area contributed by atoms with Crippen molar-refractivity contribution in [3.63, 3.8) is 0 Å². The number of rotatable bonds is 2. The minimum atomic E-state index is -0.426. The lowest BCUT2D eigenvalue weighted by atomic mass is 10.3. The molecule has 1 heterocycles. The maximum absolute atomic E-state index is 8.88. The molecule has 0 saturated carbocycles.